The molecule has 0 saturated heterocycles. The highest BCUT2D eigenvalue weighted by Gasteiger charge is 2.11. The molecule has 9 heteroatoms. The molecule has 4 rings (SSSR count). The number of nitrogens with one attached hydrogen (secondary N) is 1. The first kappa shape index (κ1) is 21.8. The van der Waals surface area contributed by atoms with Crippen LogP contribution in [0.4, 0.5) is 0 Å². The number of primary sulfonamides is 1. The summed E-state index contributed by atoms with van der Waals surface area (Å²) in [4.78, 5) is 19.1. The van der Waals surface area contributed by atoms with Crippen molar-refractivity contribution in [3.05, 3.63) is 93.2 Å². The van der Waals surface area contributed by atoms with Crippen molar-refractivity contribution >= 4 is 38.6 Å². The number of nitrogens with two attached hydrogens (primary N) is 1. The van der Waals surface area contributed by atoms with Crippen molar-refractivity contribution in [2.75, 3.05) is 0 Å². The lowest BCUT2D eigenvalue weighted by atomic mass is 10.00. The molecule has 3 aromatic carbocycles. The minimum atomic E-state index is -3.76. The number of aromatic amines is 1. The molecule has 32 heavy (non-hydrogen) atoms. The fourth-order valence-corrected chi connectivity index (χ4v) is 3.96. The van der Waals surface area contributed by atoms with Gasteiger partial charge in [0.05, 0.1) is 17.0 Å². The highest BCUT2D eigenvalue weighted by atomic mass is 35.5. The first-order valence-corrected chi connectivity index (χ1v) is 11.4. The minimum absolute atomic E-state index is 0.0178. The zero-order valence-electron chi connectivity index (χ0n) is 16.6. The third-order valence-electron chi connectivity index (χ3n) is 4.97. The molecule has 0 radical (unpaired) electrons. The van der Waals surface area contributed by atoms with E-state index >= 15 is 0 Å². The van der Waals surface area contributed by atoms with E-state index in [0.29, 0.717) is 21.4 Å². The van der Waals surface area contributed by atoms with Crippen LogP contribution in [0.2, 0.25) is 5.02 Å². The van der Waals surface area contributed by atoms with E-state index in [1.807, 2.05) is 24.3 Å². The van der Waals surface area contributed by atoms with E-state index < -0.39 is 15.6 Å². The van der Waals surface area contributed by atoms with Gasteiger partial charge >= 0.3 is 0 Å². The Hall–Kier alpha value is -3.46. The van der Waals surface area contributed by atoms with Gasteiger partial charge in [0.25, 0.3) is 5.56 Å². The predicted molar refractivity (Wildman–Crippen MR) is 126 cm³/mol. The van der Waals surface area contributed by atoms with Crippen molar-refractivity contribution in [1.82, 2.24) is 4.98 Å². The van der Waals surface area contributed by atoms with Crippen LogP contribution in [0.5, 0.6) is 5.88 Å². The van der Waals surface area contributed by atoms with Crippen molar-refractivity contribution in [3.63, 3.8) is 0 Å². The molecule has 162 valence electrons. The van der Waals surface area contributed by atoms with Crippen LogP contribution in [0.25, 0.3) is 21.9 Å². The third-order valence-corrected chi connectivity index (χ3v) is 6.15. The molecule has 0 fully saturated rings. The number of halogens is 1. The van der Waals surface area contributed by atoms with E-state index in [2.05, 4.69) is 9.98 Å². The number of hydrogen-bond donors (Lipinski definition) is 3. The van der Waals surface area contributed by atoms with Crippen molar-refractivity contribution in [2.45, 2.75) is 11.4 Å². The van der Waals surface area contributed by atoms with Gasteiger partial charge in [0.1, 0.15) is 0 Å². The number of sulfonamides is 1. The average Bonchev–Trinajstić information content (AvgIpc) is 2.76. The Balaban J connectivity index is 1.70. The smallest absolute Gasteiger partial charge is 0.258 e. The van der Waals surface area contributed by atoms with E-state index in [0.717, 1.165) is 16.7 Å². The summed E-state index contributed by atoms with van der Waals surface area (Å²) in [6.07, 6.45) is 1.48. The molecule has 0 aliphatic heterocycles. The fourth-order valence-electron chi connectivity index (χ4n) is 3.31. The highest BCUT2D eigenvalue weighted by Crippen LogP contribution is 2.28. The maximum atomic E-state index is 12.3. The molecule has 1 heterocycles. The number of fused-ring (bicyclic) bond motifs is 1. The van der Waals surface area contributed by atoms with E-state index in [1.54, 1.807) is 30.3 Å². The number of pyridine rings is 1. The average molecular weight is 468 g/mol. The van der Waals surface area contributed by atoms with Crippen LogP contribution in [-0.4, -0.2) is 24.7 Å². The molecule has 0 atom stereocenters. The Morgan fingerprint density at radius 3 is 2.28 bits per heavy atom. The van der Waals surface area contributed by atoms with Crippen LogP contribution in [0.3, 0.4) is 0 Å². The molecule has 0 amide bonds. The molecular weight excluding hydrogens is 450 g/mol. The van der Waals surface area contributed by atoms with Crippen LogP contribution < -0.4 is 10.7 Å². The zero-order valence-corrected chi connectivity index (χ0v) is 18.2. The number of benzene rings is 3. The number of aliphatic imine (C=N–C) groups is 1. The summed E-state index contributed by atoms with van der Waals surface area (Å²) in [5, 5.41) is 17.1. The SMILES string of the molecule is NS(=O)(=O)c1ccc(CN=Cc2c(O)[nH]c(=O)c3ccc(-c4ccc(Cl)cc4)cc23)cc1. The second-order valence-corrected chi connectivity index (χ2v) is 9.14. The van der Waals surface area contributed by atoms with Gasteiger partial charge in [-0.1, -0.05) is 41.9 Å². The number of H-pyrrole nitrogens is 1. The van der Waals surface area contributed by atoms with Gasteiger partial charge in [0, 0.05) is 22.0 Å². The van der Waals surface area contributed by atoms with E-state index in [9.17, 15) is 18.3 Å². The minimum Gasteiger partial charge on any atom is -0.494 e. The Kier molecular flexibility index (Phi) is 5.84. The molecule has 0 saturated carbocycles. The van der Waals surface area contributed by atoms with Crippen LogP contribution >= 0.6 is 11.6 Å². The van der Waals surface area contributed by atoms with Crippen molar-refractivity contribution in [2.24, 2.45) is 10.1 Å². The normalized spacial score (nSPS) is 11.9. The van der Waals surface area contributed by atoms with Gasteiger partial charge in [-0.2, -0.15) is 0 Å². The standard InChI is InChI=1S/C23H18ClN3O4S/c24-17-6-3-15(4-7-17)16-5-10-19-20(11-16)21(23(29)27-22(19)28)13-26-12-14-1-8-18(9-2-14)32(25,30)31/h1-11,13H,12H2,(H2,25,30,31)(H2,27,28,29). The fraction of sp³-hybridized carbons (Fsp3) is 0.0435. The molecule has 4 N–H and O–H groups in total. The van der Waals surface area contributed by atoms with Gasteiger partial charge in [-0.25, -0.2) is 13.6 Å². The zero-order chi connectivity index (χ0) is 22.9. The topological polar surface area (TPSA) is 126 Å². The first-order valence-electron chi connectivity index (χ1n) is 9.49. The summed E-state index contributed by atoms with van der Waals surface area (Å²) < 4.78 is 22.7. The van der Waals surface area contributed by atoms with Crippen molar-refractivity contribution in [1.29, 1.82) is 0 Å². The maximum Gasteiger partial charge on any atom is 0.258 e. The number of nitrogens with zero attached hydrogens (tertiary/aromatic N) is 1. The van der Waals surface area contributed by atoms with Gasteiger partial charge in [-0.15, -0.1) is 0 Å². The molecule has 0 aliphatic rings. The summed E-state index contributed by atoms with van der Waals surface area (Å²) in [6.45, 7) is 0.238. The molecule has 0 bridgehead atoms. The molecular formula is C23H18ClN3O4S. The summed E-state index contributed by atoms with van der Waals surface area (Å²) in [6, 6.07) is 18.7. The molecule has 0 unspecified atom stereocenters. The second kappa shape index (κ2) is 8.58. The van der Waals surface area contributed by atoms with E-state index in [4.69, 9.17) is 16.7 Å². The molecule has 1 aromatic heterocycles. The first-order chi connectivity index (χ1) is 15.2. The molecule has 7 nitrogen and oxygen atoms in total. The van der Waals surface area contributed by atoms with Gasteiger partial charge in [0.15, 0.2) is 0 Å². The van der Waals surface area contributed by atoms with E-state index in [1.165, 1.54) is 18.3 Å². The van der Waals surface area contributed by atoms with E-state index in [-0.39, 0.29) is 17.3 Å². The van der Waals surface area contributed by atoms with Gasteiger partial charge in [-0.3, -0.25) is 14.8 Å². The van der Waals surface area contributed by atoms with Gasteiger partial charge < -0.3 is 5.11 Å². The Morgan fingerprint density at radius 2 is 1.62 bits per heavy atom. The highest BCUT2D eigenvalue weighted by molar-refractivity contribution is 7.89. The lowest BCUT2D eigenvalue weighted by Gasteiger charge is -2.08. The molecule has 0 aliphatic carbocycles. The molecule has 4 aromatic rings. The lowest BCUT2D eigenvalue weighted by molar-refractivity contribution is 0.452. The molecule has 0 spiro atoms. The Bertz CT molecular complexity index is 1490. The number of aromatic hydroxyl groups is 1. The number of hydrogen-bond acceptors (Lipinski definition) is 5. The second-order valence-electron chi connectivity index (χ2n) is 7.14. The third kappa shape index (κ3) is 4.57. The van der Waals surface area contributed by atoms with Crippen LogP contribution in [0.1, 0.15) is 11.1 Å². The maximum absolute atomic E-state index is 12.3. The summed E-state index contributed by atoms with van der Waals surface area (Å²) in [5.41, 5.74) is 2.48. The van der Waals surface area contributed by atoms with Gasteiger partial charge in [-0.05, 0) is 53.1 Å². The van der Waals surface area contributed by atoms with Crippen LogP contribution in [-0.2, 0) is 16.6 Å². The lowest BCUT2D eigenvalue weighted by Crippen LogP contribution is -2.11. The predicted octanol–water partition coefficient (Wildman–Crippen LogP) is 3.82. The summed E-state index contributed by atoms with van der Waals surface area (Å²) in [7, 11) is -3.76. The van der Waals surface area contributed by atoms with Crippen molar-refractivity contribution in [3.8, 4) is 17.0 Å². The summed E-state index contributed by atoms with van der Waals surface area (Å²) in [5.74, 6) is -0.288. The Labute approximate surface area is 188 Å². The monoisotopic (exact) mass is 467 g/mol. The quantitative estimate of drug-likeness (QED) is 0.385. The largest absolute Gasteiger partial charge is 0.494 e. The number of rotatable bonds is 5. The van der Waals surface area contributed by atoms with Gasteiger partial charge in [0.2, 0.25) is 15.9 Å². The van der Waals surface area contributed by atoms with Crippen molar-refractivity contribution < 1.29 is 13.5 Å². The summed E-state index contributed by atoms with van der Waals surface area (Å²) >= 11 is 5.97. The number of aromatic nitrogens is 1. The van der Waals surface area contributed by atoms with Crippen LogP contribution in [0.15, 0.2) is 81.4 Å². The Morgan fingerprint density at radius 1 is 0.969 bits per heavy atom. The van der Waals surface area contributed by atoms with Crippen LogP contribution in [0, 0.1) is 0 Å².